The van der Waals surface area contributed by atoms with Crippen molar-refractivity contribution in [1.29, 1.82) is 0 Å². The van der Waals surface area contributed by atoms with Gasteiger partial charge in [0.25, 0.3) is 0 Å². The Kier molecular flexibility index (Phi) is 5.89. The fourth-order valence-electron chi connectivity index (χ4n) is 3.10. The second-order valence-electron chi connectivity index (χ2n) is 6.41. The molecule has 26 heavy (non-hydrogen) atoms. The SMILES string of the molecule is CC(=O)Nc1ccc(SC(C)C(=O)NC2CCc3cc(Cl)ccc32)cc1. The van der Waals surface area contributed by atoms with E-state index < -0.39 is 0 Å². The molecule has 0 radical (unpaired) electrons. The standard InChI is InChI=1S/C20H21ClN2O2S/c1-12(26-17-7-5-16(6-8-17)22-13(2)24)20(25)23-19-10-3-14-11-15(21)4-9-18(14)19/h4-9,11-12,19H,3,10H2,1-2H3,(H,22,24)(H,23,25). The smallest absolute Gasteiger partial charge is 0.233 e. The number of fused-ring (bicyclic) bond motifs is 1. The van der Waals surface area contributed by atoms with Crippen LogP contribution in [0.1, 0.15) is 37.4 Å². The lowest BCUT2D eigenvalue weighted by Gasteiger charge is -2.18. The van der Waals surface area contributed by atoms with Crippen LogP contribution >= 0.6 is 23.4 Å². The van der Waals surface area contributed by atoms with E-state index in [4.69, 9.17) is 11.6 Å². The molecule has 136 valence electrons. The number of aryl methyl sites for hydroxylation is 1. The molecular formula is C20H21ClN2O2S. The minimum atomic E-state index is -0.210. The monoisotopic (exact) mass is 388 g/mol. The minimum Gasteiger partial charge on any atom is -0.348 e. The van der Waals surface area contributed by atoms with Crippen LogP contribution in [-0.4, -0.2) is 17.1 Å². The van der Waals surface area contributed by atoms with Crippen LogP contribution in [0.2, 0.25) is 5.02 Å². The van der Waals surface area contributed by atoms with Crippen molar-refractivity contribution in [1.82, 2.24) is 5.32 Å². The molecule has 2 aromatic rings. The summed E-state index contributed by atoms with van der Waals surface area (Å²) in [6.45, 7) is 3.38. The van der Waals surface area contributed by atoms with Crippen LogP contribution in [0.3, 0.4) is 0 Å². The number of anilines is 1. The third-order valence-electron chi connectivity index (χ3n) is 4.36. The zero-order chi connectivity index (χ0) is 18.7. The molecule has 0 saturated heterocycles. The Labute approximate surface area is 162 Å². The minimum absolute atomic E-state index is 0.0220. The Hall–Kier alpha value is -1.98. The summed E-state index contributed by atoms with van der Waals surface area (Å²) in [4.78, 5) is 24.6. The van der Waals surface area contributed by atoms with Crippen molar-refractivity contribution in [2.45, 2.75) is 42.9 Å². The van der Waals surface area contributed by atoms with Crippen LogP contribution in [0, 0.1) is 0 Å². The molecule has 2 unspecified atom stereocenters. The zero-order valence-electron chi connectivity index (χ0n) is 14.7. The molecule has 0 aromatic heterocycles. The first-order valence-electron chi connectivity index (χ1n) is 8.55. The molecule has 3 rings (SSSR count). The van der Waals surface area contributed by atoms with Crippen LogP contribution in [0.4, 0.5) is 5.69 Å². The maximum Gasteiger partial charge on any atom is 0.233 e. The van der Waals surface area contributed by atoms with E-state index in [2.05, 4.69) is 10.6 Å². The number of hydrogen-bond acceptors (Lipinski definition) is 3. The second kappa shape index (κ2) is 8.14. The van der Waals surface area contributed by atoms with Gasteiger partial charge in [-0.3, -0.25) is 9.59 Å². The summed E-state index contributed by atoms with van der Waals surface area (Å²) in [5.41, 5.74) is 3.14. The molecule has 0 aliphatic heterocycles. The van der Waals surface area contributed by atoms with E-state index >= 15 is 0 Å². The highest BCUT2D eigenvalue weighted by Crippen LogP contribution is 2.33. The van der Waals surface area contributed by atoms with Gasteiger partial charge in [0.05, 0.1) is 11.3 Å². The molecule has 4 nitrogen and oxygen atoms in total. The molecule has 0 fully saturated rings. The molecule has 2 atom stereocenters. The van der Waals surface area contributed by atoms with E-state index in [1.54, 1.807) is 0 Å². The highest BCUT2D eigenvalue weighted by atomic mass is 35.5. The average molecular weight is 389 g/mol. The van der Waals surface area contributed by atoms with Gasteiger partial charge in [0.1, 0.15) is 0 Å². The van der Waals surface area contributed by atoms with Gasteiger partial charge in [-0.15, -0.1) is 11.8 Å². The molecule has 0 heterocycles. The lowest BCUT2D eigenvalue weighted by atomic mass is 10.1. The van der Waals surface area contributed by atoms with Crippen molar-refractivity contribution in [2.24, 2.45) is 0 Å². The zero-order valence-corrected chi connectivity index (χ0v) is 16.3. The first kappa shape index (κ1) is 18.8. The van der Waals surface area contributed by atoms with Gasteiger partial charge in [-0.2, -0.15) is 0 Å². The summed E-state index contributed by atoms with van der Waals surface area (Å²) < 4.78 is 0. The Morgan fingerprint density at radius 1 is 1.19 bits per heavy atom. The number of hydrogen-bond donors (Lipinski definition) is 2. The van der Waals surface area contributed by atoms with Gasteiger partial charge in [0, 0.05) is 22.5 Å². The molecule has 1 aliphatic rings. The fourth-order valence-corrected chi connectivity index (χ4v) is 4.17. The summed E-state index contributed by atoms with van der Waals surface area (Å²) in [6.07, 6.45) is 1.84. The molecule has 1 aliphatic carbocycles. The molecule has 0 saturated carbocycles. The van der Waals surface area contributed by atoms with Crippen LogP contribution in [-0.2, 0) is 16.0 Å². The van der Waals surface area contributed by atoms with Gasteiger partial charge >= 0.3 is 0 Å². The van der Waals surface area contributed by atoms with Gasteiger partial charge < -0.3 is 10.6 Å². The van der Waals surface area contributed by atoms with E-state index in [9.17, 15) is 9.59 Å². The average Bonchev–Trinajstić information content (AvgIpc) is 2.98. The molecule has 2 N–H and O–H groups in total. The summed E-state index contributed by atoms with van der Waals surface area (Å²) >= 11 is 7.54. The predicted molar refractivity (Wildman–Crippen MR) is 107 cm³/mol. The van der Waals surface area contributed by atoms with Gasteiger partial charge in [0.2, 0.25) is 11.8 Å². The number of thioether (sulfide) groups is 1. The molecule has 0 spiro atoms. The molecule has 6 heteroatoms. The number of rotatable bonds is 5. The lowest BCUT2D eigenvalue weighted by molar-refractivity contribution is -0.121. The molecule has 2 aromatic carbocycles. The maximum absolute atomic E-state index is 12.6. The van der Waals surface area contributed by atoms with E-state index in [1.807, 2.05) is 49.4 Å². The Balaban J connectivity index is 1.58. The molecular weight excluding hydrogens is 368 g/mol. The number of benzene rings is 2. The first-order valence-corrected chi connectivity index (χ1v) is 9.81. The molecule has 2 amide bonds. The lowest BCUT2D eigenvalue weighted by Crippen LogP contribution is -2.33. The molecule has 0 bridgehead atoms. The highest BCUT2D eigenvalue weighted by molar-refractivity contribution is 8.00. The highest BCUT2D eigenvalue weighted by Gasteiger charge is 2.26. The van der Waals surface area contributed by atoms with Gasteiger partial charge in [-0.1, -0.05) is 17.7 Å². The number of amides is 2. The first-order chi connectivity index (χ1) is 12.4. The van der Waals surface area contributed by atoms with Crippen molar-refractivity contribution < 1.29 is 9.59 Å². The summed E-state index contributed by atoms with van der Waals surface area (Å²) in [5.74, 6) is -0.0787. The number of nitrogens with one attached hydrogen (secondary N) is 2. The number of carbonyl (C=O) groups is 2. The summed E-state index contributed by atoms with van der Waals surface area (Å²) in [7, 11) is 0. The van der Waals surface area contributed by atoms with Crippen LogP contribution in [0.5, 0.6) is 0 Å². The number of carbonyl (C=O) groups excluding carboxylic acids is 2. The Bertz CT molecular complexity index is 823. The van der Waals surface area contributed by atoms with Crippen molar-refractivity contribution in [2.75, 3.05) is 5.32 Å². The summed E-state index contributed by atoms with van der Waals surface area (Å²) in [6, 6.07) is 13.4. The number of halogens is 1. The Morgan fingerprint density at radius 2 is 1.92 bits per heavy atom. The van der Waals surface area contributed by atoms with E-state index in [1.165, 1.54) is 29.8 Å². The third-order valence-corrected chi connectivity index (χ3v) is 5.70. The van der Waals surface area contributed by atoms with Gasteiger partial charge in [-0.05, 0) is 67.3 Å². The van der Waals surface area contributed by atoms with Gasteiger partial charge in [-0.25, -0.2) is 0 Å². The van der Waals surface area contributed by atoms with Gasteiger partial charge in [0.15, 0.2) is 0 Å². The quantitative estimate of drug-likeness (QED) is 0.737. The van der Waals surface area contributed by atoms with E-state index in [-0.39, 0.29) is 23.1 Å². The van der Waals surface area contributed by atoms with E-state index in [0.717, 1.165) is 28.4 Å². The Morgan fingerprint density at radius 3 is 2.62 bits per heavy atom. The predicted octanol–water partition coefficient (Wildman–Crippen LogP) is 4.58. The van der Waals surface area contributed by atoms with Crippen molar-refractivity contribution in [3.05, 3.63) is 58.6 Å². The largest absolute Gasteiger partial charge is 0.348 e. The van der Waals surface area contributed by atoms with Crippen molar-refractivity contribution in [3.63, 3.8) is 0 Å². The second-order valence-corrected chi connectivity index (χ2v) is 8.26. The van der Waals surface area contributed by atoms with E-state index in [0.29, 0.717) is 0 Å². The van der Waals surface area contributed by atoms with Crippen LogP contribution in [0.15, 0.2) is 47.4 Å². The third kappa shape index (κ3) is 4.59. The normalized spacial score (nSPS) is 16.7. The summed E-state index contributed by atoms with van der Waals surface area (Å²) in [5, 5.41) is 6.41. The topological polar surface area (TPSA) is 58.2 Å². The van der Waals surface area contributed by atoms with Crippen LogP contribution < -0.4 is 10.6 Å². The van der Waals surface area contributed by atoms with Crippen molar-refractivity contribution in [3.8, 4) is 0 Å². The van der Waals surface area contributed by atoms with Crippen LogP contribution in [0.25, 0.3) is 0 Å². The maximum atomic E-state index is 12.6. The fraction of sp³-hybridized carbons (Fsp3) is 0.300. The van der Waals surface area contributed by atoms with Crippen molar-refractivity contribution >= 4 is 40.9 Å².